The molecule has 2 rings (SSSR count). The van der Waals surface area contributed by atoms with E-state index in [-0.39, 0.29) is 16.6 Å². The maximum Gasteiger partial charge on any atom is 0.258 e. The van der Waals surface area contributed by atoms with Crippen molar-refractivity contribution < 1.29 is 4.79 Å². The number of pyridine rings is 1. The van der Waals surface area contributed by atoms with Crippen LogP contribution in [-0.2, 0) is 0 Å². The van der Waals surface area contributed by atoms with Crippen LogP contribution >= 0.6 is 39.1 Å². The normalized spacial score (nSPS) is 10.3. The van der Waals surface area contributed by atoms with E-state index in [0.717, 1.165) is 5.56 Å². The highest BCUT2D eigenvalue weighted by molar-refractivity contribution is 9.10. The van der Waals surface area contributed by atoms with Crippen LogP contribution in [0.2, 0.25) is 10.2 Å². The number of amides is 1. The minimum Gasteiger partial charge on any atom is -0.321 e. The summed E-state index contributed by atoms with van der Waals surface area (Å²) < 4.78 is 0.678. The molecule has 1 amide bonds. The van der Waals surface area contributed by atoms with Crippen LogP contribution in [0.1, 0.15) is 15.9 Å². The van der Waals surface area contributed by atoms with Gasteiger partial charge in [0.05, 0.1) is 16.3 Å². The van der Waals surface area contributed by atoms with Gasteiger partial charge in [-0.2, -0.15) is 0 Å². The second-order valence-corrected chi connectivity index (χ2v) is 5.61. The van der Waals surface area contributed by atoms with Gasteiger partial charge in [0, 0.05) is 10.7 Å². The third kappa shape index (κ3) is 3.47. The first-order chi connectivity index (χ1) is 8.97. The van der Waals surface area contributed by atoms with Crippen molar-refractivity contribution in [3.05, 3.63) is 56.2 Å². The van der Waals surface area contributed by atoms with Gasteiger partial charge in [-0.05, 0) is 46.6 Å². The van der Waals surface area contributed by atoms with Gasteiger partial charge in [0.15, 0.2) is 0 Å². The van der Waals surface area contributed by atoms with E-state index < -0.39 is 0 Å². The van der Waals surface area contributed by atoms with Crippen molar-refractivity contribution >= 4 is 50.7 Å². The molecule has 1 heterocycles. The quantitative estimate of drug-likeness (QED) is 0.789. The first kappa shape index (κ1) is 14.3. The number of carbonyl (C=O) groups is 1. The zero-order valence-corrected chi connectivity index (χ0v) is 13.0. The lowest BCUT2D eigenvalue weighted by Crippen LogP contribution is -2.13. The van der Waals surface area contributed by atoms with Crippen molar-refractivity contribution in [1.29, 1.82) is 0 Å². The summed E-state index contributed by atoms with van der Waals surface area (Å²) in [7, 11) is 0. The van der Waals surface area contributed by atoms with Crippen LogP contribution < -0.4 is 5.32 Å². The molecule has 1 aromatic heterocycles. The van der Waals surface area contributed by atoms with Gasteiger partial charge in [-0.25, -0.2) is 4.98 Å². The van der Waals surface area contributed by atoms with Gasteiger partial charge >= 0.3 is 0 Å². The number of nitrogens with zero attached hydrogens (tertiary/aromatic N) is 1. The minimum absolute atomic E-state index is 0.143. The lowest BCUT2D eigenvalue weighted by molar-refractivity contribution is 0.102. The minimum atomic E-state index is -0.355. The molecule has 0 atom stereocenters. The molecule has 6 heteroatoms. The number of carbonyl (C=O) groups excluding carboxylic acids is 1. The Morgan fingerprint density at radius 2 is 2.05 bits per heavy atom. The van der Waals surface area contributed by atoms with E-state index in [9.17, 15) is 4.79 Å². The number of halogens is 3. The van der Waals surface area contributed by atoms with Crippen LogP contribution in [0.15, 0.2) is 34.9 Å². The molecule has 0 aliphatic heterocycles. The molecular formula is C13H9BrCl2N2O. The summed E-state index contributed by atoms with van der Waals surface area (Å²) >= 11 is 15.2. The number of aryl methyl sites for hydroxylation is 1. The van der Waals surface area contributed by atoms with E-state index in [1.165, 1.54) is 6.20 Å². The number of rotatable bonds is 2. The maximum atomic E-state index is 12.1. The highest BCUT2D eigenvalue weighted by Crippen LogP contribution is 2.25. The van der Waals surface area contributed by atoms with Crippen LogP contribution in [0.4, 0.5) is 5.69 Å². The predicted octanol–water partition coefficient (Wildman–Crippen LogP) is 4.71. The predicted molar refractivity (Wildman–Crippen MR) is 81.1 cm³/mol. The van der Waals surface area contributed by atoms with Crippen molar-refractivity contribution in [3.63, 3.8) is 0 Å². The Balaban J connectivity index is 2.30. The van der Waals surface area contributed by atoms with Crippen molar-refractivity contribution in [2.75, 3.05) is 5.32 Å². The topological polar surface area (TPSA) is 42.0 Å². The van der Waals surface area contributed by atoms with E-state index in [2.05, 4.69) is 26.2 Å². The lowest BCUT2D eigenvalue weighted by atomic mass is 10.2. The second kappa shape index (κ2) is 5.90. The van der Waals surface area contributed by atoms with Gasteiger partial charge in [-0.3, -0.25) is 4.79 Å². The fraction of sp³-hybridized carbons (Fsp3) is 0.0769. The Morgan fingerprint density at radius 1 is 1.32 bits per heavy atom. The van der Waals surface area contributed by atoms with E-state index in [1.54, 1.807) is 18.2 Å². The Morgan fingerprint density at radius 3 is 2.79 bits per heavy atom. The second-order valence-electron chi connectivity index (χ2n) is 3.93. The third-order valence-electron chi connectivity index (χ3n) is 2.42. The summed E-state index contributed by atoms with van der Waals surface area (Å²) in [6.07, 6.45) is 1.53. The molecule has 0 saturated heterocycles. The van der Waals surface area contributed by atoms with Crippen molar-refractivity contribution in [1.82, 2.24) is 4.98 Å². The Labute approximate surface area is 129 Å². The van der Waals surface area contributed by atoms with E-state index in [4.69, 9.17) is 23.2 Å². The Bertz CT molecular complexity index is 647. The number of hydrogen-bond donors (Lipinski definition) is 1. The molecule has 0 saturated carbocycles. The van der Waals surface area contributed by atoms with Crippen LogP contribution in [0.25, 0.3) is 0 Å². The standard InChI is InChI=1S/C13H9BrCl2N2O/c1-7-2-3-10(15)11(4-7)18-13(19)9-5-8(14)6-17-12(9)16/h2-6H,1H3,(H,18,19). The summed E-state index contributed by atoms with van der Waals surface area (Å²) in [6, 6.07) is 6.99. The molecule has 0 unspecified atom stereocenters. The van der Waals surface area contributed by atoms with Crippen LogP contribution in [-0.4, -0.2) is 10.9 Å². The molecule has 0 spiro atoms. The molecule has 1 N–H and O–H groups in total. The van der Waals surface area contributed by atoms with Crippen molar-refractivity contribution in [2.24, 2.45) is 0 Å². The number of hydrogen-bond acceptors (Lipinski definition) is 2. The molecule has 19 heavy (non-hydrogen) atoms. The van der Waals surface area contributed by atoms with Crippen molar-refractivity contribution in [2.45, 2.75) is 6.92 Å². The average Bonchev–Trinajstić information content (AvgIpc) is 2.36. The molecular weight excluding hydrogens is 351 g/mol. The molecule has 1 aromatic carbocycles. The number of aromatic nitrogens is 1. The third-order valence-corrected chi connectivity index (χ3v) is 3.48. The molecule has 3 nitrogen and oxygen atoms in total. The molecule has 0 bridgehead atoms. The maximum absolute atomic E-state index is 12.1. The van der Waals surface area contributed by atoms with Crippen LogP contribution in [0.5, 0.6) is 0 Å². The smallest absolute Gasteiger partial charge is 0.258 e. The first-order valence-electron chi connectivity index (χ1n) is 5.36. The fourth-order valence-corrected chi connectivity index (χ4v) is 2.19. The number of benzene rings is 1. The van der Waals surface area contributed by atoms with Gasteiger partial charge in [0.25, 0.3) is 5.91 Å². The summed E-state index contributed by atoms with van der Waals surface area (Å²) in [5.41, 5.74) is 1.83. The van der Waals surface area contributed by atoms with Crippen LogP contribution in [0, 0.1) is 6.92 Å². The highest BCUT2D eigenvalue weighted by Gasteiger charge is 2.13. The van der Waals surface area contributed by atoms with Gasteiger partial charge in [0.2, 0.25) is 0 Å². The number of anilines is 1. The van der Waals surface area contributed by atoms with Crippen LogP contribution in [0.3, 0.4) is 0 Å². The fourth-order valence-electron chi connectivity index (χ4n) is 1.51. The summed E-state index contributed by atoms with van der Waals surface area (Å²) in [5, 5.41) is 3.33. The van der Waals surface area contributed by atoms with E-state index in [1.807, 2.05) is 13.0 Å². The summed E-state index contributed by atoms with van der Waals surface area (Å²) in [4.78, 5) is 16.0. The molecule has 98 valence electrons. The first-order valence-corrected chi connectivity index (χ1v) is 6.91. The molecule has 2 aromatic rings. The van der Waals surface area contributed by atoms with Gasteiger partial charge < -0.3 is 5.32 Å². The lowest BCUT2D eigenvalue weighted by Gasteiger charge is -2.09. The SMILES string of the molecule is Cc1ccc(Cl)c(NC(=O)c2cc(Br)cnc2Cl)c1. The zero-order chi connectivity index (χ0) is 14.0. The monoisotopic (exact) mass is 358 g/mol. The largest absolute Gasteiger partial charge is 0.321 e. The van der Waals surface area contributed by atoms with Gasteiger partial charge in [-0.1, -0.05) is 29.3 Å². The molecule has 0 aliphatic rings. The highest BCUT2D eigenvalue weighted by atomic mass is 79.9. The van der Waals surface area contributed by atoms with E-state index in [0.29, 0.717) is 15.2 Å². The average molecular weight is 360 g/mol. The van der Waals surface area contributed by atoms with E-state index >= 15 is 0 Å². The Kier molecular flexibility index (Phi) is 4.45. The van der Waals surface area contributed by atoms with Gasteiger partial charge in [-0.15, -0.1) is 0 Å². The molecule has 0 radical (unpaired) electrons. The Hall–Kier alpha value is -1.10. The number of nitrogens with one attached hydrogen (secondary N) is 1. The van der Waals surface area contributed by atoms with Gasteiger partial charge in [0.1, 0.15) is 5.15 Å². The van der Waals surface area contributed by atoms with Crippen molar-refractivity contribution in [3.8, 4) is 0 Å². The molecule has 0 aliphatic carbocycles. The summed E-state index contributed by atoms with van der Waals surface area (Å²) in [6.45, 7) is 1.92. The molecule has 0 fully saturated rings. The zero-order valence-electron chi connectivity index (χ0n) is 9.88. The summed E-state index contributed by atoms with van der Waals surface area (Å²) in [5.74, 6) is -0.355.